The van der Waals surface area contributed by atoms with Gasteiger partial charge in [0.2, 0.25) is 0 Å². The van der Waals surface area contributed by atoms with E-state index < -0.39 is 0 Å². The van der Waals surface area contributed by atoms with Crippen molar-refractivity contribution >= 4 is 17.5 Å². The minimum atomic E-state index is -0.0614. The van der Waals surface area contributed by atoms with Crippen molar-refractivity contribution in [2.24, 2.45) is 0 Å². The summed E-state index contributed by atoms with van der Waals surface area (Å²) < 4.78 is 5.36. The second kappa shape index (κ2) is 8.10. The van der Waals surface area contributed by atoms with Crippen molar-refractivity contribution in [1.29, 1.82) is 5.41 Å². The maximum Gasteiger partial charge on any atom is 0.127 e. The monoisotopic (exact) mass is 295 g/mol. The molecule has 0 amide bonds. The minimum absolute atomic E-state index is 0.0614. The molecule has 0 saturated carbocycles. The lowest BCUT2D eigenvalue weighted by molar-refractivity contribution is 0.122. The van der Waals surface area contributed by atoms with E-state index in [1.807, 2.05) is 48.5 Å². The van der Waals surface area contributed by atoms with E-state index in [-0.39, 0.29) is 6.23 Å². The average Bonchev–Trinajstić information content (AvgIpc) is 2.58. The van der Waals surface area contributed by atoms with Crippen LogP contribution in [0, 0.1) is 5.41 Å². The number of allylic oxidation sites excluding steroid dienone is 1. The second-order valence-corrected chi connectivity index (χ2v) is 4.82. The van der Waals surface area contributed by atoms with E-state index in [0.717, 1.165) is 23.4 Å². The van der Waals surface area contributed by atoms with Crippen molar-refractivity contribution in [2.75, 3.05) is 12.4 Å². The minimum Gasteiger partial charge on any atom is -0.362 e. The molecular weight excluding hydrogens is 274 g/mol. The molecule has 0 spiro atoms. The Morgan fingerprint density at radius 1 is 1.27 bits per heavy atom. The van der Waals surface area contributed by atoms with E-state index in [1.54, 1.807) is 19.4 Å². The number of nitrogens with zero attached hydrogens (tertiary/aromatic N) is 1. The molecule has 0 aliphatic rings. The fraction of sp³-hybridized carbons (Fsp3) is 0.222. The molecule has 114 valence electrons. The molecule has 0 bridgehead atoms. The van der Waals surface area contributed by atoms with E-state index in [0.29, 0.717) is 5.71 Å². The fourth-order valence-electron chi connectivity index (χ4n) is 2.08. The van der Waals surface area contributed by atoms with Crippen LogP contribution in [0.5, 0.6) is 0 Å². The molecule has 0 aliphatic heterocycles. The molecule has 1 aromatic heterocycles. The summed E-state index contributed by atoms with van der Waals surface area (Å²) in [6.07, 6.45) is 6.13. The first-order valence-corrected chi connectivity index (χ1v) is 7.31. The summed E-state index contributed by atoms with van der Waals surface area (Å²) >= 11 is 0. The first-order valence-electron chi connectivity index (χ1n) is 7.31. The van der Waals surface area contributed by atoms with Crippen molar-refractivity contribution in [3.8, 4) is 0 Å². The largest absolute Gasteiger partial charge is 0.362 e. The maximum atomic E-state index is 8.28. The van der Waals surface area contributed by atoms with Crippen molar-refractivity contribution in [1.82, 2.24) is 4.98 Å². The highest BCUT2D eigenvalue weighted by Gasteiger charge is 2.09. The lowest BCUT2D eigenvalue weighted by Gasteiger charge is -2.18. The van der Waals surface area contributed by atoms with Crippen LogP contribution < -0.4 is 5.32 Å². The Bertz CT molecular complexity index is 634. The predicted octanol–water partition coefficient (Wildman–Crippen LogP) is 3.96. The molecule has 0 saturated heterocycles. The highest BCUT2D eigenvalue weighted by Crippen LogP contribution is 2.18. The molecule has 22 heavy (non-hydrogen) atoms. The molecule has 0 fully saturated rings. The maximum absolute atomic E-state index is 8.28. The smallest absolute Gasteiger partial charge is 0.127 e. The quantitative estimate of drug-likeness (QED) is 0.600. The van der Waals surface area contributed by atoms with Gasteiger partial charge in [-0.3, -0.25) is 4.98 Å². The summed E-state index contributed by atoms with van der Waals surface area (Å²) in [7, 11) is 1.68. The summed E-state index contributed by atoms with van der Waals surface area (Å²) in [6, 6.07) is 13.5. The molecule has 1 unspecified atom stereocenters. The topological polar surface area (TPSA) is 58.0 Å². The van der Waals surface area contributed by atoms with E-state index >= 15 is 0 Å². The van der Waals surface area contributed by atoms with Crippen LogP contribution in [-0.2, 0) is 4.74 Å². The van der Waals surface area contributed by atoms with E-state index in [2.05, 4.69) is 17.2 Å². The van der Waals surface area contributed by atoms with E-state index in [1.165, 1.54) is 0 Å². The summed E-state index contributed by atoms with van der Waals surface area (Å²) in [5.74, 6) is 0. The first kappa shape index (κ1) is 15.9. The van der Waals surface area contributed by atoms with Crippen LogP contribution in [0.25, 0.3) is 6.08 Å². The molecule has 2 N–H and O–H groups in total. The van der Waals surface area contributed by atoms with Gasteiger partial charge in [0.05, 0.1) is 11.4 Å². The van der Waals surface area contributed by atoms with Gasteiger partial charge in [-0.05, 0) is 36.8 Å². The molecule has 2 rings (SSSR count). The number of benzene rings is 1. The van der Waals surface area contributed by atoms with Crippen molar-refractivity contribution in [3.05, 3.63) is 66.0 Å². The number of ether oxygens (including phenoxy) is 1. The van der Waals surface area contributed by atoms with Crippen molar-refractivity contribution < 1.29 is 4.74 Å². The first-order chi connectivity index (χ1) is 10.7. The zero-order valence-electron chi connectivity index (χ0n) is 12.9. The third-order valence-electron chi connectivity index (χ3n) is 3.30. The summed E-state index contributed by atoms with van der Waals surface area (Å²) in [6.45, 7) is 2.05. The Kier molecular flexibility index (Phi) is 5.86. The van der Waals surface area contributed by atoms with Gasteiger partial charge in [-0.1, -0.05) is 31.2 Å². The van der Waals surface area contributed by atoms with Crippen molar-refractivity contribution in [3.63, 3.8) is 0 Å². The molecule has 0 aliphatic carbocycles. The van der Waals surface area contributed by atoms with Gasteiger partial charge in [0.25, 0.3) is 0 Å². The molecule has 1 atom stereocenters. The number of rotatable bonds is 7. The molecule has 4 heteroatoms. The number of nitrogens with one attached hydrogen (secondary N) is 2. The van der Waals surface area contributed by atoms with Crippen LogP contribution in [0.4, 0.5) is 5.69 Å². The molecule has 2 aromatic rings. The number of hydrogen-bond donors (Lipinski definition) is 2. The fourth-order valence-corrected chi connectivity index (χ4v) is 2.08. The number of methoxy groups -OCH3 is 1. The number of para-hydroxylation sites is 1. The third-order valence-corrected chi connectivity index (χ3v) is 3.30. The number of aromatic nitrogens is 1. The van der Waals surface area contributed by atoms with Crippen LogP contribution in [0.1, 0.15) is 24.6 Å². The Hall–Kier alpha value is -2.46. The summed E-state index contributed by atoms with van der Waals surface area (Å²) in [4.78, 5) is 4.22. The van der Waals surface area contributed by atoms with Crippen LogP contribution in [-0.4, -0.2) is 24.0 Å². The van der Waals surface area contributed by atoms with Crippen LogP contribution >= 0.6 is 0 Å². The van der Waals surface area contributed by atoms with Gasteiger partial charge in [-0.15, -0.1) is 0 Å². The third kappa shape index (κ3) is 4.27. The molecule has 4 nitrogen and oxygen atoms in total. The zero-order valence-corrected chi connectivity index (χ0v) is 12.9. The Morgan fingerprint density at radius 3 is 2.73 bits per heavy atom. The number of hydrogen-bond acceptors (Lipinski definition) is 4. The molecule has 0 radical (unpaired) electrons. The lowest BCUT2D eigenvalue weighted by atomic mass is 10.1. The number of anilines is 1. The van der Waals surface area contributed by atoms with Crippen LogP contribution in [0.3, 0.4) is 0 Å². The molecular formula is C18H21N3O. The van der Waals surface area contributed by atoms with E-state index in [9.17, 15) is 0 Å². The average molecular weight is 295 g/mol. The highest BCUT2D eigenvalue weighted by molar-refractivity contribution is 6.11. The molecule has 1 aromatic carbocycles. The van der Waals surface area contributed by atoms with E-state index in [4.69, 9.17) is 10.1 Å². The summed E-state index contributed by atoms with van der Waals surface area (Å²) in [5, 5.41) is 11.6. The van der Waals surface area contributed by atoms with Gasteiger partial charge in [0, 0.05) is 24.6 Å². The van der Waals surface area contributed by atoms with Gasteiger partial charge >= 0.3 is 0 Å². The zero-order chi connectivity index (χ0) is 15.8. The standard InChI is InChI=1S/C18H21N3O/c1-3-18(22-2)21-17-10-5-4-9-15(17)16(19)12-11-14-8-6-7-13-20-14/h4-13,18-19,21H,3H2,1-2H3/b12-11+,19-16?. The van der Waals surface area contributed by atoms with Crippen LogP contribution in [0.15, 0.2) is 54.7 Å². The van der Waals surface area contributed by atoms with Gasteiger partial charge in [-0.2, -0.15) is 0 Å². The van der Waals surface area contributed by atoms with Gasteiger partial charge in [-0.25, -0.2) is 0 Å². The Morgan fingerprint density at radius 2 is 2.05 bits per heavy atom. The SMILES string of the molecule is CCC(Nc1ccccc1C(=N)/C=C/c1ccccn1)OC. The lowest BCUT2D eigenvalue weighted by Crippen LogP contribution is -2.21. The number of pyridine rings is 1. The van der Waals surface area contributed by atoms with Gasteiger partial charge in [0.1, 0.15) is 6.23 Å². The van der Waals surface area contributed by atoms with Crippen LogP contribution in [0.2, 0.25) is 0 Å². The second-order valence-electron chi connectivity index (χ2n) is 4.82. The molecule has 1 heterocycles. The summed E-state index contributed by atoms with van der Waals surface area (Å²) in [5.41, 5.74) is 3.00. The predicted molar refractivity (Wildman–Crippen MR) is 91.3 cm³/mol. The van der Waals surface area contributed by atoms with Gasteiger partial charge in [0.15, 0.2) is 0 Å². The highest BCUT2D eigenvalue weighted by atomic mass is 16.5. The Labute approximate surface area is 131 Å². The Balaban J connectivity index is 2.17. The van der Waals surface area contributed by atoms with Crippen molar-refractivity contribution in [2.45, 2.75) is 19.6 Å². The van der Waals surface area contributed by atoms with Gasteiger partial charge < -0.3 is 15.5 Å². The normalized spacial score (nSPS) is 12.3.